The van der Waals surface area contributed by atoms with Gasteiger partial charge >= 0.3 is 5.97 Å². The van der Waals surface area contributed by atoms with Crippen LogP contribution >= 0.6 is 11.8 Å². The van der Waals surface area contributed by atoms with Gasteiger partial charge in [0.05, 0.1) is 0 Å². The van der Waals surface area contributed by atoms with Gasteiger partial charge in [0.15, 0.2) is 0 Å². The van der Waals surface area contributed by atoms with E-state index in [0.29, 0.717) is 11.6 Å². The second kappa shape index (κ2) is 5.71. The van der Waals surface area contributed by atoms with E-state index in [0.717, 1.165) is 5.56 Å². The van der Waals surface area contributed by atoms with Gasteiger partial charge in [0.1, 0.15) is 5.69 Å². The van der Waals surface area contributed by atoms with Crippen LogP contribution in [0.15, 0.2) is 34.9 Å². The maximum atomic E-state index is 10.8. The van der Waals surface area contributed by atoms with E-state index in [1.165, 1.54) is 36.0 Å². The molecular formula is C15H15NO3S. The molecule has 0 aliphatic carbocycles. The molecular weight excluding hydrogens is 274 g/mol. The summed E-state index contributed by atoms with van der Waals surface area (Å²) >= 11 is 2.02. The zero-order chi connectivity index (χ0) is 13.9. The Labute approximate surface area is 121 Å². The van der Waals surface area contributed by atoms with Crippen LogP contribution in [0, 0.1) is 0 Å². The zero-order valence-electron chi connectivity index (χ0n) is 10.9. The quantitative estimate of drug-likeness (QED) is 0.934. The molecule has 1 N–H and O–H groups in total. The molecule has 2 heterocycles. The highest BCUT2D eigenvalue weighted by Gasteiger charge is 2.16. The van der Waals surface area contributed by atoms with Crippen molar-refractivity contribution < 1.29 is 14.4 Å². The second-order valence-corrected chi connectivity index (χ2v) is 6.11. The molecule has 3 rings (SSSR count). The first-order valence-corrected chi connectivity index (χ1v) is 7.77. The Hall–Kier alpha value is -1.75. The summed E-state index contributed by atoms with van der Waals surface area (Å²) in [5.74, 6) is 1.89. The number of benzene rings is 1. The topological polar surface area (TPSA) is 63.3 Å². The summed E-state index contributed by atoms with van der Waals surface area (Å²) < 4.78 is 4.77. The van der Waals surface area contributed by atoms with Crippen LogP contribution in [-0.2, 0) is 0 Å². The molecule has 0 radical (unpaired) electrons. The molecule has 0 atom stereocenters. The molecule has 0 amide bonds. The van der Waals surface area contributed by atoms with Crippen LogP contribution in [-0.4, -0.2) is 27.7 Å². The number of rotatable bonds is 3. The molecule has 0 bridgehead atoms. The SMILES string of the molecule is O=C(O)c1cc(-c2ccc(C3CCSCC3)cc2)no1. The van der Waals surface area contributed by atoms with E-state index in [9.17, 15) is 4.79 Å². The lowest BCUT2D eigenvalue weighted by Gasteiger charge is -2.21. The Morgan fingerprint density at radius 1 is 1.25 bits per heavy atom. The van der Waals surface area contributed by atoms with Crippen molar-refractivity contribution in [1.82, 2.24) is 5.16 Å². The molecule has 20 heavy (non-hydrogen) atoms. The van der Waals surface area contributed by atoms with E-state index < -0.39 is 5.97 Å². The minimum atomic E-state index is -1.10. The third kappa shape index (κ3) is 2.72. The average molecular weight is 289 g/mol. The minimum absolute atomic E-state index is 0.131. The van der Waals surface area contributed by atoms with Crippen molar-refractivity contribution in [1.29, 1.82) is 0 Å². The highest BCUT2D eigenvalue weighted by atomic mass is 32.2. The lowest BCUT2D eigenvalue weighted by molar-refractivity contribution is 0.0652. The maximum absolute atomic E-state index is 10.8. The van der Waals surface area contributed by atoms with E-state index in [1.807, 2.05) is 23.9 Å². The molecule has 104 valence electrons. The lowest BCUT2D eigenvalue weighted by Crippen LogP contribution is -2.07. The molecule has 1 fully saturated rings. The predicted molar refractivity (Wildman–Crippen MR) is 78.2 cm³/mol. The van der Waals surface area contributed by atoms with Gasteiger partial charge in [-0.1, -0.05) is 29.4 Å². The van der Waals surface area contributed by atoms with Crippen molar-refractivity contribution in [3.63, 3.8) is 0 Å². The van der Waals surface area contributed by atoms with Crippen LogP contribution in [0.4, 0.5) is 0 Å². The summed E-state index contributed by atoms with van der Waals surface area (Å²) in [6, 6.07) is 9.66. The summed E-state index contributed by atoms with van der Waals surface area (Å²) in [7, 11) is 0. The Morgan fingerprint density at radius 3 is 2.55 bits per heavy atom. The molecule has 1 saturated heterocycles. The van der Waals surface area contributed by atoms with Crippen LogP contribution in [0.25, 0.3) is 11.3 Å². The standard InChI is InChI=1S/C15H15NO3S/c17-15(18)14-9-13(16-19-14)12-3-1-10(2-4-12)11-5-7-20-8-6-11/h1-4,9,11H,5-8H2,(H,17,18). The fourth-order valence-corrected chi connectivity index (χ4v) is 3.58. The smallest absolute Gasteiger partial charge is 0.374 e. The molecule has 0 saturated carbocycles. The third-order valence-electron chi connectivity index (χ3n) is 3.62. The number of nitrogens with zero attached hydrogens (tertiary/aromatic N) is 1. The van der Waals surface area contributed by atoms with Gasteiger partial charge in [-0.3, -0.25) is 0 Å². The van der Waals surface area contributed by atoms with Crippen LogP contribution in [0.5, 0.6) is 0 Å². The molecule has 1 aromatic heterocycles. The van der Waals surface area contributed by atoms with Crippen LogP contribution in [0.2, 0.25) is 0 Å². The Morgan fingerprint density at radius 2 is 1.95 bits per heavy atom. The summed E-state index contributed by atoms with van der Waals surface area (Å²) in [6.45, 7) is 0. The first kappa shape index (κ1) is 13.2. The zero-order valence-corrected chi connectivity index (χ0v) is 11.7. The van der Waals surface area contributed by atoms with E-state index in [4.69, 9.17) is 9.63 Å². The number of aromatic carboxylic acids is 1. The number of carboxylic acids is 1. The normalized spacial score (nSPS) is 16.2. The van der Waals surface area contributed by atoms with Crippen LogP contribution < -0.4 is 0 Å². The monoisotopic (exact) mass is 289 g/mol. The van der Waals surface area contributed by atoms with Gasteiger partial charge in [0.2, 0.25) is 5.76 Å². The summed E-state index contributed by atoms with van der Waals surface area (Å²) in [5, 5.41) is 12.6. The summed E-state index contributed by atoms with van der Waals surface area (Å²) in [4.78, 5) is 10.8. The van der Waals surface area contributed by atoms with Crippen LogP contribution in [0.3, 0.4) is 0 Å². The van der Waals surface area contributed by atoms with Gasteiger partial charge in [-0.2, -0.15) is 11.8 Å². The first-order chi connectivity index (χ1) is 9.74. The van der Waals surface area contributed by atoms with Gasteiger partial charge in [-0.05, 0) is 35.8 Å². The van der Waals surface area contributed by atoms with Crippen LogP contribution in [0.1, 0.15) is 34.9 Å². The number of carbonyl (C=O) groups is 1. The highest BCUT2D eigenvalue weighted by Crippen LogP contribution is 2.32. The molecule has 0 spiro atoms. The fraction of sp³-hybridized carbons (Fsp3) is 0.333. The lowest BCUT2D eigenvalue weighted by atomic mass is 9.92. The Kier molecular flexibility index (Phi) is 3.78. The Bertz CT molecular complexity index is 600. The molecule has 1 aromatic carbocycles. The third-order valence-corrected chi connectivity index (χ3v) is 4.67. The highest BCUT2D eigenvalue weighted by molar-refractivity contribution is 7.99. The number of hydrogen-bond donors (Lipinski definition) is 1. The fourth-order valence-electron chi connectivity index (χ4n) is 2.47. The molecule has 2 aromatic rings. The van der Waals surface area contributed by atoms with Crippen molar-refractivity contribution >= 4 is 17.7 Å². The van der Waals surface area contributed by atoms with Crippen molar-refractivity contribution in [2.75, 3.05) is 11.5 Å². The second-order valence-electron chi connectivity index (χ2n) is 4.89. The van der Waals surface area contributed by atoms with Gasteiger partial charge in [0, 0.05) is 11.6 Å². The average Bonchev–Trinajstić information content (AvgIpc) is 2.98. The molecule has 5 heteroatoms. The van der Waals surface area contributed by atoms with Crippen molar-refractivity contribution in [3.8, 4) is 11.3 Å². The van der Waals surface area contributed by atoms with Crippen molar-refractivity contribution in [2.24, 2.45) is 0 Å². The predicted octanol–water partition coefficient (Wildman–Crippen LogP) is 3.65. The van der Waals surface area contributed by atoms with E-state index in [2.05, 4.69) is 17.3 Å². The van der Waals surface area contributed by atoms with Gasteiger partial charge in [0.25, 0.3) is 0 Å². The molecule has 0 unspecified atom stereocenters. The number of aromatic nitrogens is 1. The summed E-state index contributed by atoms with van der Waals surface area (Å²) in [6.07, 6.45) is 2.47. The number of thioether (sulfide) groups is 1. The van der Waals surface area contributed by atoms with E-state index >= 15 is 0 Å². The minimum Gasteiger partial charge on any atom is -0.475 e. The Balaban J connectivity index is 1.79. The number of hydrogen-bond acceptors (Lipinski definition) is 4. The summed E-state index contributed by atoms with van der Waals surface area (Å²) in [5.41, 5.74) is 2.80. The van der Waals surface area contributed by atoms with Gasteiger partial charge in [-0.15, -0.1) is 0 Å². The number of carboxylic acid groups (broad SMARTS) is 1. The van der Waals surface area contributed by atoms with Crippen molar-refractivity contribution in [3.05, 3.63) is 41.7 Å². The van der Waals surface area contributed by atoms with Gasteiger partial charge < -0.3 is 9.63 Å². The van der Waals surface area contributed by atoms with E-state index in [-0.39, 0.29) is 5.76 Å². The molecule has 4 nitrogen and oxygen atoms in total. The maximum Gasteiger partial charge on any atom is 0.374 e. The first-order valence-electron chi connectivity index (χ1n) is 6.62. The van der Waals surface area contributed by atoms with E-state index in [1.54, 1.807) is 0 Å². The largest absolute Gasteiger partial charge is 0.475 e. The van der Waals surface area contributed by atoms with Gasteiger partial charge in [-0.25, -0.2) is 4.79 Å². The van der Waals surface area contributed by atoms with Crippen molar-refractivity contribution in [2.45, 2.75) is 18.8 Å². The molecule has 1 aliphatic heterocycles. The molecule has 1 aliphatic rings.